The predicted molar refractivity (Wildman–Crippen MR) is 117 cm³/mol. The molecule has 2 aliphatic heterocycles. The minimum Gasteiger partial charge on any atom is -0.357 e. The maximum atomic E-state index is 13.2. The van der Waals surface area contributed by atoms with Gasteiger partial charge in [0.1, 0.15) is 0 Å². The minimum atomic E-state index is -0.0708. The van der Waals surface area contributed by atoms with E-state index >= 15 is 0 Å². The van der Waals surface area contributed by atoms with Gasteiger partial charge in [0.2, 0.25) is 5.91 Å². The van der Waals surface area contributed by atoms with Crippen LogP contribution in [0.4, 0.5) is 11.4 Å². The van der Waals surface area contributed by atoms with Gasteiger partial charge in [-0.2, -0.15) is 0 Å². The molecule has 1 amide bonds. The molecule has 0 saturated carbocycles. The molecule has 1 saturated heterocycles. The highest BCUT2D eigenvalue weighted by Crippen LogP contribution is 2.44. The highest BCUT2D eigenvalue weighted by Gasteiger charge is 2.40. The van der Waals surface area contributed by atoms with Crippen LogP contribution in [0.2, 0.25) is 0 Å². The van der Waals surface area contributed by atoms with E-state index in [1.165, 1.54) is 6.42 Å². The lowest BCUT2D eigenvalue weighted by Crippen LogP contribution is -2.48. The van der Waals surface area contributed by atoms with Crippen LogP contribution < -0.4 is 10.2 Å². The number of anilines is 2. The van der Waals surface area contributed by atoms with E-state index in [2.05, 4.69) is 43.1 Å². The number of piperidine rings is 1. The van der Waals surface area contributed by atoms with Crippen LogP contribution in [0, 0.1) is 5.41 Å². The molecule has 0 unspecified atom stereocenters. The largest absolute Gasteiger partial charge is 0.357 e. The van der Waals surface area contributed by atoms with E-state index in [0.29, 0.717) is 13.0 Å². The molecule has 1 fully saturated rings. The Morgan fingerprint density at radius 3 is 2.59 bits per heavy atom. The van der Waals surface area contributed by atoms with Crippen LogP contribution in [-0.2, 0) is 9.59 Å². The third-order valence-electron chi connectivity index (χ3n) is 6.53. The van der Waals surface area contributed by atoms with Crippen LogP contribution in [-0.4, -0.2) is 42.3 Å². The van der Waals surface area contributed by atoms with Crippen molar-refractivity contribution in [3.05, 3.63) is 35.5 Å². The summed E-state index contributed by atoms with van der Waals surface area (Å²) in [6.45, 7) is 8.46. The number of Topliss-reactive ketones (excluding diaryl/α,β-unsaturated/α-hetero) is 1. The number of benzene rings is 1. The lowest BCUT2D eigenvalue weighted by Gasteiger charge is -2.38. The second-order valence-corrected chi connectivity index (χ2v) is 9.47. The number of carbonyl (C=O) groups excluding carboxylic acids is 2. The van der Waals surface area contributed by atoms with Crippen LogP contribution in [0.1, 0.15) is 59.3 Å². The average Bonchev–Trinajstić information content (AvgIpc) is 2.82. The number of fused-ring (bicyclic) bond motifs is 1. The number of hydrogen-bond acceptors (Lipinski definition) is 4. The monoisotopic (exact) mass is 395 g/mol. The van der Waals surface area contributed by atoms with Crippen molar-refractivity contribution in [1.29, 1.82) is 0 Å². The van der Waals surface area contributed by atoms with E-state index in [9.17, 15) is 9.59 Å². The lowest BCUT2D eigenvalue weighted by molar-refractivity contribution is -0.130. The molecule has 0 spiro atoms. The van der Waals surface area contributed by atoms with Gasteiger partial charge in [0.15, 0.2) is 5.78 Å². The Morgan fingerprint density at radius 1 is 1.14 bits per heavy atom. The molecule has 3 aliphatic rings. The fourth-order valence-corrected chi connectivity index (χ4v) is 5.16. The number of likely N-dealkylation sites (tertiary alicyclic amines) is 1. The van der Waals surface area contributed by atoms with Gasteiger partial charge in [-0.1, -0.05) is 32.9 Å². The summed E-state index contributed by atoms with van der Waals surface area (Å²) in [6, 6.07) is 8.09. The van der Waals surface area contributed by atoms with Crippen LogP contribution in [0.15, 0.2) is 35.5 Å². The van der Waals surface area contributed by atoms with E-state index in [4.69, 9.17) is 0 Å². The van der Waals surface area contributed by atoms with Crippen molar-refractivity contribution in [2.45, 2.75) is 65.3 Å². The molecule has 1 atom stereocenters. The van der Waals surface area contributed by atoms with Crippen LogP contribution >= 0.6 is 0 Å². The van der Waals surface area contributed by atoms with Gasteiger partial charge in [-0.05, 0) is 49.7 Å². The number of rotatable bonds is 3. The summed E-state index contributed by atoms with van der Waals surface area (Å²) >= 11 is 0. The number of nitrogens with one attached hydrogen (secondary N) is 1. The summed E-state index contributed by atoms with van der Waals surface area (Å²) in [6.07, 6.45) is 5.60. The topological polar surface area (TPSA) is 52.7 Å². The summed E-state index contributed by atoms with van der Waals surface area (Å²) < 4.78 is 0. The molecule has 156 valence electrons. The first-order valence-corrected chi connectivity index (χ1v) is 11.1. The standard InChI is InChI=1S/C24H33N3O2/c1-4-19-23-18(14-24(2,3)15-21(23)28)25-17-10-6-7-11-20(17)27(19)16-22(29)26-12-8-5-9-13-26/h6-7,10-11,19,25H,4-5,8-9,12-16H2,1-3H3/t19-/m1/s1. The summed E-state index contributed by atoms with van der Waals surface area (Å²) in [4.78, 5) is 30.6. The average molecular weight is 396 g/mol. The number of allylic oxidation sites excluding steroid dienone is 1. The Morgan fingerprint density at radius 2 is 1.86 bits per heavy atom. The molecule has 1 aromatic rings. The molecule has 4 rings (SSSR count). The van der Waals surface area contributed by atoms with Gasteiger partial charge >= 0.3 is 0 Å². The number of hydrogen-bond donors (Lipinski definition) is 1. The molecule has 1 N–H and O–H groups in total. The van der Waals surface area contributed by atoms with Crippen LogP contribution in [0.5, 0.6) is 0 Å². The van der Waals surface area contributed by atoms with Gasteiger partial charge in [0.05, 0.1) is 24.0 Å². The van der Waals surface area contributed by atoms with Crippen molar-refractivity contribution in [3.63, 3.8) is 0 Å². The molecule has 29 heavy (non-hydrogen) atoms. The van der Waals surface area contributed by atoms with Gasteiger partial charge < -0.3 is 15.1 Å². The summed E-state index contributed by atoms with van der Waals surface area (Å²) in [5, 5.41) is 3.59. The molecule has 0 radical (unpaired) electrons. The predicted octanol–water partition coefficient (Wildman–Crippen LogP) is 4.35. The van der Waals surface area contributed by atoms with Crippen molar-refractivity contribution in [2.75, 3.05) is 29.9 Å². The van der Waals surface area contributed by atoms with E-state index in [1.807, 2.05) is 17.0 Å². The fourth-order valence-electron chi connectivity index (χ4n) is 5.16. The number of carbonyl (C=O) groups is 2. The lowest BCUT2D eigenvalue weighted by atomic mass is 9.74. The van der Waals surface area contributed by atoms with E-state index in [1.54, 1.807) is 0 Å². The molecular weight excluding hydrogens is 362 g/mol. The first-order chi connectivity index (χ1) is 13.9. The Labute approximate surface area is 174 Å². The van der Waals surface area contributed by atoms with Crippen molar-refractivity contribution in [3.8, 4) is 0 Å². The SMILES string of the molecule is CC[C@@H]1C2=C(CC(C)(C)CC2=O)Nc2ccccc2N1CC(=O)N1CCCCC1. The Balaban J connectivity index is 1.73. The normalized spacial score (nSPS) is 23.8. The molecule has 5 heteroatoms. The number of nitrogens with zero attached hydrogens (tertiary/aromatic N) is 2. The van der Waals surface area contributed by atoms with Crippen LogP contribution in [0.3, 0.4) is 0 Å². The maximum Gasteiger partial charge on any atom is 0.242 e. The Hall–Kier alpha value is -2.30. The smallest absolute Gasteiger partial charge is 0.242 e. The second kappa shape index (κ2) is 7.85. The van der Waals surface area contributed by atoms with Gasteiger partial charge in [0.25, 0.3) is 0 Å². The molecule has 0 bridgehead atoms. The molecule has 5 nitrogen and oxygen atoms in total. The van der Waals surface area contributed by atoms with E-state index < -0.39 is 0 Å². The fraction of sp³-hybridized carbons (Fsp3) is 0.583. The van der Waals surface area contributed by atoms with Gasteiger partial charge in [0, 0.05) is 30.8 Å². The molecule has 2 heterocycles. The Bertz CT molecular complexity index is 836. The zero-order valence-corrected chi connectivity index (χ0v) is 18.0. The first kappa shape index (κ1) is 20.0. The number of amides is 1. The second-order valence-electron chi connectivity index (χ2n) is 9.47. The van der Waals surface area contributed by atoms with Crippen molar-refractivity contribution >= 4 is 23.1 Å². The van der Waals surface area contributed by atoms with Gasteiger partial charge in [-0.25, -0.2) is 0 Å². The van der Waals surface area contributed by atoms with Crippen molar-refractivity contribution in [1.82, 2.24) is 4.90 Å². The van der Waals surface area contributed by atoms with E-state index in [-0.39, 0.29) is 23.1 Å². The van der Waals surface area contributed by atoms with Gasteiger partial charge in [-0.3, -0.25) is 9.59 Å². The number of para-hydroxylation sites is 2. The van der Waals surface area contributed by atoms with Crippen LogP contribution in [0.25, 0.3) is 0 Å². The third-order valence-corrected chi connectivity index (χ3v) is 6.53. The summed E-state index contributed by atoms with van der Waals surface area (Å²) in [7, 11) is 0. The third kappa shape index (κ3) is 3.92. The van der Waals surface area contributed by atoms with Crippen molar-refractivity contribution in [2.24, 2.45) is 5.41 Å². The number of ketones is 1. The molecule has 1 aromatic carbocycles. The quantitative estimate of drug-likeness (QED) is 0.827. The molecule has 1 aliphatic carbocycles. The van der Waals surface area contributed by atoms with E-state index in [0.717, 1.165) is 61.4 Å². The summed E-state index contributed by atoms with van der Waals surface area (Å²) in [5.41, 5.74) is 3.89. The van der Waals surface area contributed by atoms with Gasteiger partial charge in [-0.15, -0.1) is 0 Å². The Kier molecular flexibility index (Phi) is 5.41. The molecule has 0 aromatic heterocycles. The minimum absolute atomic E-state index is 0.0467. The zero-order valence-electron chi connectivity index (χ0n) is 18.0. The first-order valence-electron chi connectivity index (χ1n) is 11.1. The zero-order chi connectivity index (χ0) is 20.6. The molecular formula is C24H33N3O2. The summed E-state index contributed by atoms with van der Waals surface area (Å²) in [5.74, 6) is 0.393. The maximum absolute atomic E-state index is 13.2. The highest BCUT2D eigenvalue weighted by atomic mass is 16.2. The highest BCUT2D eigenvalue weighted by molar-refractivity contribution is 6.01. The van der Waals surface area contributed by atoms with Crippen molar-refractivity contribution < 1.29 is 9.59 Å².